The lowest BCUT2D eigenvalue weighted by Gasteiger charge is -2.32. The first kappa shape index (κ1) is 27.1. The van der Waals surface area contributed by atoms with Gasteiger partial charge in [0, 0.05) is 19.7 Å². The maximum absolute atomic E-state index is 13.9. The number of hydrogen-bond acceptors (Lipinski definition) is 5. The zero-order valence-electron chi connectivity index (χ0n) is 21.7. The summed E-state index contributed by atoms with van der Waals surface area (Å²) >= 11 is 0. The number of ether oxygens (including phenoxy) is 3. The molecule has 3 aromatic rings. The summed E-state index contributed by atoms with van der Waals surface area (Å²) in [5, 5.41) is 3.00. The molecule has 1 fully saturated rings. The lowest BCUT2D eigenvalue weighted by molar-refractivity contribution is -0.141. The molecule has 2 atom stereocenters. The number of carbonyl (C=O) groups is 2. The molecule has 1 saturated heterocycles. The fourth-order valence-corrected chi connectivity index (χ4v) is 4.60. The van der Waals surface area contributed by atoms with Crippen LogP contribution in [0.15, 0.2) is 72.8 Å². The molecule has 1 aliphatic rings. The molecule has 1 aliphatic heterocycles. The van der Waals surface area contributed by atoms with Gasteiger partial charge in [-0.15, -0.1) is 0 Å². The predicted octanol–water partition coefficient (Wildman–Crippen LogP) is 4.45. The van der Waals surface area contributed by atoms with E-state index in [0.29, 0.717) is 41.3 Å². The van der Waals surface area contributed by atoms with Crippen LogP contribution in [0.3, 0.4) is 0 Å². The van der Waals surface area contributed by atoms with Gasteiger partial charge in [0.25, 0.3) is 0 Å². The Morgan fingerprint density at radius 1 is 1.00 bits per heavy atom. The summed E-state index contributed by atoms with van der Waals surface area (Å²) in [7, 11) is 3.08. The highest BCUT2D eigenvalue weighted by molar-refractivity contribution is 5.89. The van der Waals surface area contributed by atoms with Gasteiger partial charge in [-0.3, -0.25) is 9.59 Å². The monoisotopic (exact) mass is 520 g/mol. The Morgan fingerprint density at radius 2 is 1.71 bits per heavy atom. The van der Waals surface area contributed by atoms with Gasteiger partial charge in [0.2, 0.25) is 11.8 Å². The van der Waals surface area contributed by atoms with Crippen molar-refractivity contribution < 1.29 is 28.2 Å². The third kappa shape index (κ3) is 6.89. The van der Waals surface area contributed by atoms with Crippen molar-refractivity contribution in [2.75, 3.05) is 27.4 Å². The van der Waals surface area contributed by atoms with Crippen LogP contribution < -0.4 is 14.8 Å². The van der Waals surface area contributed by atoms with Crippen LogP contribution in [-0.2, 0) is 27.3 Å². The molecular formula is C30H33FN2O5. The van der Waals surface area contributed by atoms with Gasteiger partial charge in [0.05, 0.1) is 26.7 Å². The van der Waals surface area contributed by atoms with Gasteiger partial charge in [-0.05, 0) is 53.8 Å². The minimum Gasteiger partial charge on any atom is -0.493 e. The molecule has 0 aliphatic carbocycles. The molecule has 7 nitrogen and oxygen atoms in total. The molecule has 0 aromatic heterocycles. The zero-order chi connectivity index (χ0) is 26.9. The quantitative estimate of drug-likeness (QED) is 0.404. The van der Waals surface area contributed by atoms with Crippen LogP contribution in [0.2, 0.25) is 0 Å². The van der Waals surface area contributed by atoms with Gasteiger partial charge in [0.15, 0.2) is 11.5 Å². The molecule has 3 aromatic carbocycles. The number of nitrogens with zero attached hydrogens (tertiary/aromatic N) is 1. The van der Waals surface area contributed by atoms with E-state index in [0.717, 1.165) is 12.8 Å². The van der Waals surface area contributed by atoms with Crippen LogP contribution in [0.5, 0.6) is 11.5 Å². The van der Waals surface area contributed by atoms with Crippen LogP contribution in [-0.4, -0.2) is 50.2 Å². The molecule has 0 radical (unpaired) electrons. The highest BCUT2D eigenvalue weighted by Gasteiger charge is 2.32. The number of amides is 2. The van der Waals surface area contributed by atoms with Crippen molar-refractivity contribution in [2.45, 2.75) is 38.0 Å². The Bertz CT molecular complexity index is 1210. The first-order chi connectivity index (χ1) is 18.5. The van der Waals surface area contributed by atoms with E-state index in [9.17, 15) is 14.0 Å². The summed E-state index contributed by atoms with van der Waals surface area (Å²) in [6.45, 7) is 1.18. The summed E-state index contributed by atoms with van der Waals surface area (Å²) in [4.78, 5) is 29.1. The van der Waals surface area contributed by atoms with E-state index >= 15 is 0 Å². The summed E-state index contributed by atoms with van der Waals surface area (Å²) < 4.78 is 30.0. The second-order valence-electron chi connectivity index (χ2n) is 9.21. The number of benzene rings is 3. The maximum Gasteiger partial charge on any atom is 0.247 e. The Labute approximate surface area is 222 Å². The molecule has 0 unspecified atom stereocenters. The van der Waals surface area contributed by atoms with Crippen molar-refractivity contribution >= 4 is 11.8 Å². The smallest absolute Gasteiger partial charge is 0.247 e. The number of methoxy groups -OCH3 is 2. The standard InChI is InChI=1S/C30H33FN2O5/c1-36-26-15-12-22(17-27(26)37-2)18-28(34)33(20-21-10-13-24(31)14-11-21)29(23-7-4-3-5-8-23)30(35)32-19-25-9-6-16-38-25/h3-5,7-8,10-15,17,25,29H,6,9,16,18-20H2,1-2H3,(H,32,35)/t25-,29-/m0/s1. The van der Waals surface area contributed by atoms with E-state index in [2.05, 4.69) is 5.32 Å². The average Bonchev–Trinajstić information content (AvgIpc) is 3.47. The van der Waals surface area contributed by atoms with Crippen LogP contribution in [0.25, 0.3) is 0 Å². The van der Waals surface area contributed by atoms with E-state index in [-0.39, 0.29) is 36.7 Å². The molecule has 1 N–H and O–H groups in total. The van der Waals surface area contributed by atoms with Gasteiger partial charge in [-0.2, -0.15) is 0 Å². The van der Waals surface area contributed by atoms with E-state index in [1.807, 2.05) is 30.3 Å². The number of hydrogen-bond donors (Lipinski definition) is 1. The number of halogens is 1. The van der Waals surface area contributed by atoms with Crippen molar-refractivity contribution in [3.8, 4) is 11.5 Å². The third-order valence-corrected chi connectivity index (χ3v) is 6.59. The third-order valence-electron chi connectivity index (χ3n) is 6.59. The van der Waals surface area contributed by atoms with Crippen molar-refractivity contribution in [2.24, 2.45) is 0 Å². The summed E-state index contributed by atoms with van der Waals surface area (Å²) in [5.74, 6) is 0.141. The summed E-state index contributed by atoms with van der Waals surface area (Å²) in [6, 6.07) is 19.5. The fourth-order valence-electron chi connectivity index (χ4n) is 4.60. The number of nitrogens with one attached hydrogen (secondary N) is 1. The summed E-state index contributed by atoms with van der Waals surface area (Å²) in [5.41, 5.74) is 2.10. The molecular weight excluding hydrogens is 487 g/mol. The minimum atomic E-state index is -0.893. The number of rotatable bonds is 11. The van der Waals surface area contributed by atoms with E-state index < -0.39 is 6.04 Å². The highest BCUT2D eigenvalue weighted by atomic mass is 19.1. The second kappa shape index (κ2) is 13.1. The van der Waals surface area contributed by atoms with Crippen molar-refractivity contribution in [3.63, 3.8) is 0 Å². The van der Waals surface area contributed by atoms with Gasteiger partial charge in [-0.25, -0.2) is 4.39 Å². The number of carbonyl (C=O) groups excluding carboxylic acids is 2. The maximum atomic E-state index is 13.9. The fraction of sp³-hybridized carbons (Fsp3) is 0.333. The zero-order valence-corrected chi connectivity index (χ0v) is 21.7. The molecule has 2 amide bonds. The lowest BCUT2D eigenvalue weighted by Crippen LogP contribution is -2.45. The molecule has 0 bridgehead atoms. The normalized spacial score (nSPS) is 15.5. The van der Waals surface area contributed by atoms with Gasteiger partial charge >= 0.3 is 0 Å². The first-order valence-corrected chi connectivity index (χ1v) is 12.7. The Hall–Kier alpha value is -3.91. The molecule has 4 rings (SSSR count). The highest BCUT2D eigenvalue weighted by Crippen LogP contribution is 2.29. The van der Waals surface area contributed by atoms with Gasteiger partial charge < -0.3 is 24.4 Å². The van der Waals surface area contributed by atoms with Crippen molar-refractivity contribution in [1.29, 1.82) is 0 Å². The Balaban J connectivity index is 1.66. The summed E-state index contributed by atoms with van der Waals surface area (Å²) in [6.07, 6.45) is 1.84. The van der Waals surface area contributed by atoms with Gasteiger partial charge in [0.1, 0.15) is 11.9 Å². The van der Waals surface area contributed by atoms with E-state index in [1.165, 1.54) is 19.2 Å². The minimum absolute atomic E-state index is 0.0316. The molecule has 0 saturated carbocycles. The van der Waals surface area contributed by atoms with Crippen LogP contribution in [0.4, 0.5) is 4.39 Å². The van der Waals surface area contributed by atoms with Crippen LogP contribution in [0, 0.1) is 5.82 Å². The molecule has 0 spiro atoms. The van der Waals surface area contributed by atoms with Crippen LogP contribution >= 0.6 is 0 Å². The molecule has 1 heterocycles. The van der Waals surface area contributed by atoms with Crippen molar-refractivity contribution in [1.82, 2.24) is 10.2 Å². The topological polar surface area (TPSA) is 77.1 Å². The molecule has 8 heteroatoms. The Kier molecular flexibility index (Phi) is 9.32. The van der Waals surface area contributed by atoms with Gasteiger partial charge in [-0.1, -0.05) is 48.5 Å². The molecule has 200 valence electrons. The van der Waals surface area contributed by atoms with Crippen molar-refractivity contribution in [3.05, 3.63) is 95.3 Å². The molecule has 38 heavy (non-hydrogen) atoms. The Morgan fingerprint density at radius 3 is 2.37 bits per heavy atom. The first-order valence-electron chi connectivity index (χ1n) is 12.7. The predicted molar refractivity (Wildman–Crippen MR) is 141 cm³/mol. The van der Waals surface area contributed by atoms with Crippen LogP contribution in [0.1, 0.15) is 35.6 Å². The van der Waals surface area contributed by atoms with E-state index in [4.69, 9.17) is 14.2 Å². The SMILES string of the molecule is COc1ccc(CC(=O)N(Cc2ccc(F)cc2)[C@H](C(=O)NC[C@@H]2CCCO2)c2ccccc2)cc1OC. The average molecular weight is 521 g/mol. The van der Waals surface area contributed by atoms with E-state index in [1.54, 1.807) is 42.3 Å². The lowest BCUT2D eigenvalue weighted by atomic mass is 10.0. The second-order valence-corrected chi connectivity index (χ2v) is 9.21. The largest absolute Gasteiger partial charge is 0.493 e.